The van der Waals surface area contributed by atoms with Crippen molar-refractivity contribution in [1.29, 1.82) is 0 Å². The fraction of sp³-hybridized carbons (Fsp3) is 0.200. The summed E-state index contributed by atoms with van der Waals surface area (Å²) in [5.74, 6) is -0.559. The van der Waals surface area contributed by atoms with Crippen molar-refractivity contribution in [3.8, 4) is 0 Å². The standard InChI is InChI=1S/C15H12N2O4S2/c18-12-9-22-14(20)16(12)6-7-17-13(19)11(23-15(17)21)8-10-4-2-1-3-5-10/h1-5,8H,6-7,9H2/b11-8-. The van der Waals surface area contributed by atoms with Gasteiger partial charge in [0.15, 0.2) is 0 Å². The van der Waals surface area contributed by atoms with E-state index < -0.39 is 5.91 Å². The van der Waals surface area contributed by atoms with Crippen molar-refractivity contribution in [2.24, 2.45) is 0 Å². The molecule has 0 bridgehead atoms. The van der Waals surface area contributed by atoms with Crippen LogP contribution in [0.25, 0.3) is 6.08 Å². The number of amides is 4. The summed E-state index contributed by atoms with van der Waals surface area (Å²) in [5, 5.41) is -0.717. The summed E-state index contributed by atoms with van der Waals surface area (Å²) in [7, 11) is 0. The first-order valence-electron chi connectivity index (χ1n) is 6.84. The molecule has 0 atom stereocenters. The monoisotopic (exact) mass is 348 g/mol. The quantitative estimate of drug-likeness (QED) is 0.778. The molecule has 1 aromatic carbocycles. The zero-order valence-corrected chi connectivity index (χ0v) is 13.6. The van der Waals surface area contributed by atoms with E-state index in [-0.39, 0.29) is 35.2 Å². The molecule has 2 aliphatic heterocycles. The van der Waals surface area contributed by atoms with Gasteiger partial charge >= 0.3 is 0 Å². The molecule has 118 valence electrons. The van der Waals surface area contributed by atoms with Gasteiger partial charge in [0.2, 0.25) is 5.91 Å². The van der Waals surface area contributed by atoms with E-state index in [0.717, 1.165) is 38.9 Å². The zero-order valence-electron chi connectivity index (χ0n) is 11.9. The second-order valence-electron chi connectivity index (χ2n) is 4.84. The molecule has 4 amide bonds. The number of nitrogens with zero attached hydrogens (tertiary/aromatic N) is 2. The highest BCUT2D eigenvalue weighted by atomic mass is 32.2. The first-order chi connectivity index (χ1) is 11.1. The summed E-state index contributed by atoms with van der Waals surface area (Å²) in [4.78, 5) is 49.8. The maximum Gasteiger partial charge on any atom is 0.293 e. The predicted octanol–water partition coefficient (Wildman–Crippen LogP) is 2.42. The minimum atomic E-state index is -0.393. The van der Waals surface area contributed by atoms with E-state index in [2.05, 4.69) is 0 Å². The Morgan fingerprint density at radius 2 is 1.65 bits per heavy atom. The molecule has 2 heterocycles. The summed E-state index contributed by atoms with van der Waals surface area (Å²) < 4.78 is 0. The molecule has 3 rings (SSSR count). The largest absolute Gasteiger partial charge is 0.293 e. The maximum absolute atomic E-state index is 12.3. The number of thioether (sulfide) groups is 2. The van der Waals surface area contributed by atoms with Crippen LogP contribution in [-0.2, 0) is 9.59 Å². The topological polar surface area (TPSA) is 74.8 Å². The highest BCUT2D eigenvalue weighted by Crippen LogP contribution is 2.32. The van der Waals surface area contributed by atoms with Gasteiger partial charge in [-0.3, -0.25) is 29.0 Å². The molecule has 8 heteroatoms. The predicted molar refractivity (Wildman–Crippen MR) is 88.7 cm³/mol. The number of carbonyl (C=O) groups excluding carboxylic acids is 4. The van der Waals surface area contributed by atoms with Gasteiger partial charge in [-0.15, -0.1) is 0 Å². The molecule has 23 heavy (non-hydrogen) atoms. The fourth-order valence-electron chi connectivity index (χ4n) is 2.19. The van der Waals surface area contributed by atoms with Crippen LogP contribution in [0, 0.1) is 0 Å². The third-order valence-electron chi connectivity index (χ3n) is 3.36. The van der Waals surface area contributed by atoms with E-state index in [9.17, 15) is 19.2 Å². The number of hydrogen-bond acceptors (Lipinski definition) is 6. The molecule has 6 nitrogen and oxygen atoms in total. The van der Waals surface area contributed by atoms with E-state index in [0.29, 0.717) is 4.91 Å². The molecule has 0 saturated carbocycles. The lowest BCUT2D eigenvalue weighted by Crippen LogP contribution is -2.39. The average molecular weight is 348 g/mol. The minimum absolute atomic E-state index is 0.0227. The Kier molecular flexibility index (Phi) is 4.53. The Hall–Kier alpha value is -2.06. The van der Waals surface area contributed by atoms with E-state index in [1.807, 2.05) is 30.3 Å². The second-order valence-corrected chi connectivity index (χ2v) is 6.76. The van der Waals surface area contributed by atoms with Crippen molar-refractivity contribution in [2.45, 2.75) is 0 Å². The fourth-order valence-corrected chi connectivity index (χ4v) is 3.81. The Morgan fingerprint density at radius 1 is 0.957 bits per heavy atom. The van der Waals surface area contributed by atoms with Crippen LogP contribution in [0.1, 0.15) is 5.56 Å². The molecule has 0 aliphatic carbocycles. The van der Waals surface area contributed by atoms with E-state index in [1.54, 1.807) is 6.08 Å². The number of imide groups is 2. The maximum atomic E-state index is 12.3. The van der Waals surface area contributed by atoms with Crippen LogP contribution in [0.3, 0.4) is 0 Å². The Balaban J connectivity index is 1.68. The van der Waals surface area contributed by atoms with Crippen LogP contribution in [0.5, 0.6) is 0 Å². The van der Waals surface area contributed by atoms with Gasteiger partial charge in [0.25, 0.3) is 16.4 Å². The zero-order chi connectivity index (χ0) is 16.4. The molecule has 0 spiro atoms. The summed E-state index contributed by atoms with van der Waals surface area (Å²) in [6.45, 7) is 0.0656. The normalized spacial score (nSPS) is 20.3. The highest BCUT2D eigenvalue weighted by molar-refractivity contribution is 8.18. The second kappa shape index (κ2) is 6.59. The van der Waals surface area contributed by atoms with Crippen LogP contribution in [0.2, 0.25) is 0 Å². The molecule has 0 aromatic heterocycles. The van der Waals surface area contributed by atoms with Crippen molar-refractivity contribution >= 4 is 51.9 Å². The van der Waals surface area contributed by atoms with Crippen molar-refractivity contribution < 1.29 is 19.2 Å². The third-order valence-corrected chi connectivity index (χ3v) is 5.12. The lowest BCUT2D eigenvalue weighted by Gasteiger charge is -2.17. The first kappa shape index (κ1) is 15.8. The van der Waals surface area contributed by atoms with Gasteiger partial charge in [0.1, 0.15) is 0 Å². The van der Waals surface area contributed by atoms with Gasteiger partial charge in [-0.1, -0.05) is 42.1 Å². The molecule has 2 fully saturated rings. The molecule has 0 N–H and O–H groups in total. The molecule has 2 aliphatic rings. The summed E-state index contributed by atoms with van der Waals surface area (Å²) in [6, 6.07) is 9.24. The van der Waals surface area contributed by atoms with Gasteiger partial charge in [-0.05, 0) is 23.4 Å². The Morgan fingerprint density at radius 3 is 2.30 bits per heavy atom. The SMILES string of the molecule is O=C1CSC(=O)N1CCN1C(=O)S/C(=C\c2ccccc2)C1=O. The van der Waals surface area contributed by atoms with Crippen LogP contribution in [-0.4, -0.2) is 50.9 Å². The summed E-state index contributed by atoms with van der Waals surface area (Å²) >= 11 is 1.80. The van der Waals surface area contributed by atoms with Gasteiger partial charge in [0.05, 0.1) is 10.7 Å². The third kappa shape index (κ3) is 3.32. The molecule has 0 unspecified atom stereocenters. The minimum Gasteiger partial charge on any atom is -0.273 e. The molecule has 2 saturated heterocycles. The van der Waals surface area contributed by atoms with Gasteiger partial charge in [0, 0.05) is 13.1 Å². The van der Waals surface area contributed by atoms with Crippen LogP contribution in [0.4, 0.5) is 9.59 Å². The smallest absolute Gasteiger partial charge is 0.273 e. The van der Waals surface area contributed by atoms with Gasteiger partial charge in [-0.25, -0.2) is 0 Å². The summed E-state index contributed by atoms with van der Waals surface area (Å²) in [6.07, 6.45) is 1.66. The first-order valence-corrected chi connectivity index (χ1v) is 8.64. The van der Waals surface area contributed by atoms with E-state index in [4.69, 9.17) is 0 Å². The van der Waals surface area contributed by atoms with Gasteiger partial charge < -0.3 is 0 Å². The average Bonchev–Trinajstić information content (AvgIpc) is 2.99. The molecule has 1 aromatic rings. The summed E-state index contributed by atoms with van der Waals surface area (Å²) in [5.41, 5.74) is 0.833. The van der Waals surface area contributed by atoms with Crippen LogP contribution < -0.4 is 0 Å². The van der Waals surface area contributed by atoms with E-state index >= 15 is 0 Å². The lowest BCUT2D eigenvalue weighted by molar-refractivity contribution is -0.126. The van der Waals surface area contributed by atoms with Gasteiger partial charge in [-0.2, -0.15) is 0 Å². The number of carbonyl (C=O) groups is 4. The number of benzene rings is 1. The van der Waals surface area contributed by atoms with Crippen LogP contribution >= 0.6 is 23.5 Å². The molecular weight excluding hydrogens is 336 g/mol. The van der Waals surface area contributed by atoms with Crippen LogP contribution in [0.15, 0.2) is 35.2 Å². The number of hydrogen-bond donors (Lipinski definition) is 0. The van der Waals surface area contributed by atoms with Crippen molar-refractivity contribution in [3.63, 3.8) is 0 Å². The van der Waals surface area contributed by atoms with E-state index in [1.165, 1.54) is 0 Å². The van der Waals surface area contributed by atoms with Crippen molar-refractivity contribution in [3.05, 3.63) is 40.8 Å². The molecular formula is C15H12N2O4S2. The number of rotatable bonds is 4. The highest BCUT2D eigenvalue weighted by Gasteiger charge is 2.37. The molecule has 0 radical (unpaired) electrons. The van der Waals surface area contributed by atoms with Crippen molar-refractivity contribution in [2.75, 3.05) is 18.8 Å². The van der Waals surface area contributed by atoms with Crippen molar-refractivity contribution in [1.82, 2.24) is 9.80 Å². The lowest BCUT2D eigenvalue weighted by atomic mass is 10.2. The Labute approximate surface area is 140 Å². The Bertz CT molecular complexity index is 701.